The molecule has 0 aliphatic heterocycles. The predicted molar refractivity (Wildman–Crippen MR) is 67.2 cm³/mol. The smallest absolute Gasteiger partial charge is 0.173 e. The Hall–Kier alpha value is -1.14. The number of hydrogen-bond acceptors (Lipinski definition) is 2. The van der Waals surface area contributed by atoms with Crippen LogP contribution in [0.1, 0.15) is 5.69 Å². The van der Waals surface area contributed by atoms with E-state index in [1.54, 1.807) is 6.07 Å². The van der Waals surface area contributed by atoms with E-state index < -0.39 is 11.6 Å². The number of hydrogen-bond donors (Lipinski definition) is 1. The van der Waals surface area contributed by atoms with Crippen LogP contribution in [0.2, 0.25) is 0 Å². The zero-order valence-corrected chi connectivity index (χ0v) is 11.1. The van der Waals surface area contributed by atoms with E-state index in [9.17, 15) is 8.78 Å². The second kappa shape index (κ2) is 4.62. The lowest BCUT2D eigenvalue weighted by molar-refractivity contribution is 0.504. The Balaban J connectivity index is 2.69. The van der Waals surface area contributed by atoms with Gasteiger partial charge in [0.25, 0.3) is 0 Å². The van der Waals surface area contributed by atoms with Crippen molar-refractivity contribution in [3.8, 4) is 11.4 Å². The highest BCUT2D eigenvalue weighted by Crippen LogP contribution is 2.29. The van der Waals surface area contributed by atoms with Crippen LogP contribution in [0, 0.1) is 23.2 Å². The quantitative estimate of drug-likeness (QED) is 0.632. The van der Waals surface area contributed by atoms with Crippen LogP contribution in [0.5, 0.6) is 0 Å². The van der Waals surface area contributed by atoms with Crippen molar-refractivity contribution in [2.45, 2.75) is 6.92 Å². The van der Waals surface area contributed by atoms with Crippen LogP contribution in [-0.4, -0.2) is 9.97 Å². The molecule has 2 nitrogen and oxygen atoms in total. The summed E-state index contributed by atoms with van der Waals surface area (Å²) >= 11 is 7.98. The predicted octanol–water partition coefficient (Wildman–Crippen LogP) is 4.16. The van der Waals surface area contributed by atoms with E-state index in [1.807, 2.05) is 6.92 Å². The molecule has 0 unspecified atom stereocenters. The normalized spacial score (nSPS) is 10.6. The van der Waals surface area contributed by atoms with Gasteiger partial charge in [0.05, 0.1) is 4.47 Å². The van der Waals surface area contributed by atoms with Gasteiger partial charge in [-0.2, -0.15) is 0 Å². The molecule has 0 amide bonds. The van der Waals surface area contributed by atoms with Crippen molar-refractivity contribution in [2.24, 2.45) is 0 Å². The highest BCUT2D eigenvalue weighted by atomic mass is 79.9. The van der Waals surface area contributed by atoms with Crippen LogP contribution in [0.3, 0.4) is 0 Å². The van der Waals surface area contributed by atoms with Crippen molar-refractivity contribution in [3.05, 3.63) is 44.6 Å². The van der Waals surface area contributed by atoms with Crippen molar-refractivity contribution >= 4 is 28.1 Å². The highest BCUT2D eigenvalue weighted by molar-refractivity contribution is 9.10. The lowest BCUT2D eigenvalue weighted by Crippen LogP contribution is -1.95. The molecule has 1 heterocycles. The Labute approximate surface area is 110 Å². The first kappa shape index (κ1) is 12.3. The van der Waals surface area contributed by atoms with Gasteiger partial charge in [0, 0.05) is 11.3 Å². The first-order valence-corrected chi connectivity index (χ1v) is 5.91. The third kappa shape index (κ3) is 2.42. The van der Waals surface area contributed by atoms with Gasteiger partial charge in [0.1, 0.15) is 10.5 Å². The molecule has 0 aliphatic carbocycles. The maximum absolute atomic E-state index is 13.4. The summed E-state index contributed by atoms with van der Waals surface area (Å²) in [6.45, 7) is 1.81. The van der Waals surface area contributed by atoms with Gasteiger partial charge in [-0.3, -0.25) is 0 Å². The fourth-order valence-corrected chi connectivity index (χ4v) is 2.19. The van der Waals surface area contributed by atoms with Crippen LogP contribution in [0.25, 0.3) is 11.4 Å². The Bertz CT molecular complexity index is 640. The summed E-state index contributed by atoms with van der Waals surface area (Å²) in [5.74, 6) is -1.45. The van der Waals surface area contributed by atoms with Crippen LogP contribution < -0.4 is 0 Å². The van der Waals surface area contributed by atoms with E-state index in [4.69, 9.17) is 12.2 Å². The molecule has 0 spiro atoms. The zero-order valence-electron chi connectivity index (χ0n) is 8.72. The number of halogens is 3. The minimum atomic E-state index is -0.940. The standard InChI is InChI=1S/C11H7BrF2N2S/c1-5-4-8(17)16-11(15-5)6-2-3-7(13)10(14)9(6)12/h2-4H,1H3,(H,15,16,17). The third-order valence-electron chi connectivity index (χ3n) is 2.17. The van der Waals surface area contributed by atoms with Gasteiger partial charge in [0.15, 0.2) is 11.6 Å². The van der Waals surface area contributed by atoms with E-state index in [1.165, 1.54) is 6.07 Å². The summed E-state index contributed by atoms with van der Waals surface area (Å²) in [4.78, 5) is 7.03. The van der Waals surface area contributed by atoms with E-state index in [2.05, 4.69) is 25.9 Å². The maximum atomic E-state index is 13.4. The number of rotatable bonds is 1. The topological polar surface area (TPSA) is 28.7 Å². The molecule has 0 fully saturated rings. The van der Waals surface area contributed by atoms with Crippen molar-refractivity contribution in [1.29, 1.82) is 0 Å². The summed E-state index contributed by atoms with van der Waals surface area (Å²) < 4.78 is 26.8. The number of nitrogens with one attached hydrogen (secondary N) is 1. The van der Waals surface area contributed by atoms with Crippen molar-refractivity contribution < 1.29 is 8.78 Å². The molecular formula is C11H7BrF2N2S. The van der Waals surface area contributed by atoms with Gasteiger partial charge in [0.2, 0.25) is 0 Å². The molecule has 17 heavy (non-hydrogen) atoms. The Kier molecular flexibility index (Phi) is 3.35. The largest absolute Gasteiger partial charge is 0.343 e. The first-order chi connectivity index (χ1) is 7.99. The highest BCUT2D eigenvalue weighted by Gasteiger charge is 2.13. The fraction of sp³-hybridized carbons (Fsp3) is 0.0909. The Morgan fingerprint density at radius 2 is 2.06 bits per heavy atom. The first-order valence-electron chi connectivity index (χ1n) is 4.71. The molecule has 0 saturated carbocycles. The van der Waals surface area contributed by atoms with Gasteiger partial charge in [-0.15, -0.1) is 0 Å². The van der Waals surface area contributed by atoms with Crippen molar-refractivity contribution in [2.75, 3.05) is 0 Å². The summed E-state index contributed by atoms with van der Waals surface area (Å²) in [6.07, 6.45) is 0. The zero-order chi connectivity index (χ0) is 12.6. The lowest BCUT2D eigenvalue weighted by atomic mass is 10.2. The number of aromatic amines is 1. The Morgan fingerprint density at radius 3 is 2.71 bits per heavy atom. The molecule has 0 atom stereocenters. The van der Waals surface area contributed by atoms with Gasteiger partial charge >= 0.3 is 0 Å². The lowest BCUT2D eigenvalue weighted by Gasteiger charge is -2.06. The molecule has 2 rings (SSSR count). The van der Waals surface area contributed by atoms with Crippen LogP contribution >= 0.6 is 28.1 Å². The van der Waals surface area contributed by atoms with Gasteiger partial charge in [-0.05, 0) is 41.1 Å². The summed E-state index contributed by atoms with van der Waals surface area (Å²) in [6, 6.07) is 4.18. The SMILES string of the molecule is Cc1cc(=S)nc(-c2ccc(F)c(F)c2Br)[nH]1. The molecule has 1 N–H and O–H groups in total. The van der Waals surface area contributed by atoms with E-state index in [0.29, 0.717) is 16.0 Å². The average molecular weight is 317 g/mol. The average Bonchev–Trinajstić information content (AvgIpc) is 2.24. The summed E-state index contributed by atoms with van der Waals surface area (Å²) in [5, 5.41) is 0. The van der Waals surface area contributed by atoms with Crippen LogP contribution in [0.4, 0.5) is 8.78 Å². The molecular weight excluding hydrogens is 310 g/mol. The van der Waals surface area contributed by atoms with Gasteiger partial charge < -0.3 is 4.98 Å². The minimum Gasteiger partial charge on any atom is -0.343 e. The molecule has 1 aromatic heterocycles. The van der Waals surface area contributed by atoms with Crippen molar-refractivity contribution in [3.63, 3.8) is 0 Å². The maximum Gasteiger partial charge on any atom is 0.173 e. The van der Waals surface area contributed by atoms with Crippen LogP contribution in [-0.2, 0) is 0 Å². The number of H-pyrrole nitrogens is 1. The monoisotopic (exact) mass is 316 g/mol. The number of nitrogens with zero attached hydrogens (tertiary/aromatic N) is 1. The molecule has 88 valence electrons. The Morgan fingerprint density at radius 1 is 1.35 bits per heavy atom. The number of aromatic nitrogens is 2. The molecule has 2 aromatic rings. The van der Waals surface area contributed by atoms with Crippen molar-refractivity contribution in [1.82, 2.24) is 9.97 Å². The molecule has 6 heteroatoms. The number of aryl methyl sites for hydroxylation is 1. The third-order valence-corrected chi connectivity index (χ3v) is 3.15. The minimum absolute atomic E-state index is 0.0289. The summed E-state index contributed by atoms with van der Waals surface area (Å²) in [7, 11) is 0. The van der Waals surface area contributed by atoms with E-state index in [0.717, 1.165) is 11.8 Å². The fourth-order valence-electron chi connectivity index (χ4n) is 1.41. The molecule has 0 bridgehead atoms. The van der Waals surface area contributed by atoms with Gasteiger partial charge in [-0.25, -0.2) is 13.8 Å². The molecule has 0 aliphatic rings. The molecule has 1 aromatic carbocycles. The molecule has 0 saturated heterocycles. The van der Waals surface area contributed by atoms with Gasteiger partial charge in [-0.1, -0.05) is 12.2 Å². The second-order valence-electron chi connectivity index (χ2n) is 3.47. The second-order valence-corrected chi connectivity index (χ2v) is 4.69. The van der Waals surface area contributed by atoms with E-state index in [-0.39, 0.29) is 4.47 Å². The number of benzene rings is 1. The molecule has 0 radical (unpaired) electrons. The van der Waals surface area contributed by atoms with Crippen LogP contribution in [0.15, 0.2) is 22.7 Å². The summed E-state index contributed by atoms with van der Waals surface area (Å²) in [5.41, 5.74) is 1.23. The van der Waals surface area contributed by atoms with E-state index >= 15 is 0 Å².